The molecular formula is C23H34N4O3S2. The molecule has 176 valence electrons. The number of piperidine rings is 1. The second-order valence-electron chi connectivity index (χ2n) is 8.81. The monoisotopic (exact) mass is 478 g/mol. The Balaban J connectivity index is 1.71. The van der Waals surface area contributed by atoms with Crippen LogP contribution in [0, 0.1) is 19.8 Å². The maximum atomic E-state index is 13.0. The number of hydrogen-bond acceptors (Lipinski definition) is 5. The van der Waals surface area contributed by atoms with E-state index in [1.807, 2.05) is 20.8 Å². The van der Waals surface area contributed by atoms with Crippen molar-refractivity contribution in [1.82, 2.24) is 13.9 Å². The van der Waals surface area contributed by atoms with Gasteiger partial charge in [-0.3, -0.25) is 4.79 Å². The van der Waals surface area contributed by atoms with Crippen LogP contribution in [0.1, 0.15) is 51.4 Å². The molecule has 1 aromatic heterocycles. The summed E-state index contributed by atoms with van der Waals surface area (Å²) in [5.74, 6) is 0.285. The van der Waals surface area contributed by atoms with Crippen molar-refractivity contribution in [3.63, 3.8) is 0 Å². The molecule has 0 bridgehead atoms. The lowest BCUT2D eigenvalue weighted by Crippen LogP contribution is -2.35. The lowest BCUT2D eigenvalue weighted by Gasteiger charge is -2.26. The minimum absolute atomic E-state index is 0.183. The molecule has 2 heterocycles. The number of amides is 1. The number of thioether (sulfide) groups is 1. The third-order valence-electron chi connectivity index (χ3n) is 5.68. The number of imidazole rings is 1. The Labute approximate surface area is 196 Å². The van der Waals surface area contributed by atoms with Crippen LogP contribution in [0.2, 0.25) is 0 Å². The second-order valence-corrected chi connectivity index (χ2v) is 12.1. The van der Waals surface area contributed by atoms with E-state index < -0.39 is 10.0 Å². The molecule has 1 amide bonds. The molecule has 0 saturated carbocycles. The molecule has 1 aliphatic heterocycles. The smallest absolute Gasteiger partial charge is 0.243 e. The van der Waals surface area contributed by atoms with E-state index >= 15 is 0 Å². The Morgan fingerprint density at radius 3 is 2.50 bits per heavy atom. The Morgan fingerprint density at radius 2 is 1.84 bits per heavy atom. The number of carbonyl (C=O) groups is 1. The molecule has 7 nitrogen and oxygen atoms in total. The first-order chi connectivity index (χ1) is 15.1. The first kappa shape index (κ1) is 24.8. The number of aromatic nitrogens is 2. The van der Waals surface area contributed by atoms with Crippen LogP contribution >= 0.6 is 11.8 Å². The van der Waals surface area contributed by atoms with Gasteiger partial charge < -0.3 is 9.88 Å². The molecule has 9 heteroatoms. The van der Waals surface area contributed by atoms with Crippen molar-refractivity contribution < 1.29 is 13.2 Å². The van der Waals surface area contributed by atoms with E-state index in [0.717, 1.165) is 42.4 Å². The number of carbonyl (C=O) groups excluding carboxylic acids is 1. The van der Waals surface area contributed by atoms with Crippen LogP contribution in [-0.2, 0) is 21.4 Å². The number of hydrogen-bond donors (Lipinski definition) is 1. The van der Waals surface area contributed by atoms with Gasteiger partial charge in [0.05, 0.1) is 15.8 Å². The topological polar surface area (TPSA) is 84.3 Å². The van der Waals surface area contributed by atoms with Gasteiger partial charge in [0.25, 0.3) is 0 Å². The lowest BCUT2D eigenvalue weighted by molar-refractivity contribution is -0.115. The van der Waals surface area contributed by atoms with Gasteiger partial charge in [-0.05, 0) is 57.7 Å². The second kappa shape index (κ2) is 10.4. The summed E-state index contributed by atoms with van der Waals surface area (Å²) >= 11 is 1.42. The van der Waals surface area contributed by atoms with Gasteiger partial charge in [-0.2, -0.15) is 4.31 Å². The van der Waals surface area contributed by atoms with Crippen LogP contribution in [0.4, 0.5) is 5.69 Å². The predicted octanol–water partition coefficient (Wildman–Crippen LogP) is 4.45. The molecule has 1 atom stereocenters. The number of sulfonamides is 1. The maximum Gasteiger partial charge on any atom is 0.243 e. The highest BCUT2D eigenvalue weighted by atomic mass is 32.2. The molecule has 32 heavy (non-hydrogen) atoms. The molecule has 1 aromatic carbocycles. The highest BCUT2D eigenvalue weighted by molar-refractivity contribution is 8.00. The van der Waals surface area contributed by atoms with Gasteiger partial charge in [-0.15, -0.1) is 0 Å². The van der Waals surface area contributed by atoms with Crippen molar-refractivity contribution >= 4 is 33.4 Å². The zero-order valence-electron chi connectivity index (χ0n) is 19.6. The fourth-order valence-electron chi connectivity index (χ4n) is 3.74. The zero-order valence-corrected chi connectivity index (χ0v) is 21.2. The van der Waals surface area contributed by atoms with Gasteiger partial charge in [0.1, 0.15) is 0 Å². The molecule has 3 rings (SSSR count). The number of nitrogens with zero attached hydrogens (tertiary/aromatic N) is 3. The van der Waals surface area contributed by atoms with Crippen molar-refractivity contribution in [1.29, 1.82) is 0 Å². The largest absolute Gasteiger partial charge is 0.325 e. The summed E-state index contributed by atoms with van der Waals surface area (Å²) in [4.78, 5) is 17.7. The van der Waals surface area contributed by atoms with Crippen LogP contribution in [0.15, 0.2) is 34.3 Å². The summed E-state index contributed by atoms with van der Waals surface area (Å²) in [5.41, 5.74) is 2.57. The lowest BCUT2D eigenvalue weighted by atomic mass is 10.2. The van der Waals surface area contributed by atoms with Gasteiger partial charge in [0.15, 0.2) is 5.16 Å². The van der Waals surface area contributed by atoms with E-state index in [0.29, 0.717) is 24.7 Å². The number of nitrogens with one attached hydrogen (secondary N) is 1. The first-order valence-corrected chi connectivity index (χ1v) is 13.5. The molecule has 1 saturated heterocycles. The number of anilines is 1. The number of aryl methyl sites for hydroxylation is 1. The molecule has 0 aliphatic carbocycles. The van der Waals surface area contributed by atoms with E-state index in [2.05, 4.69) is 28.7 Å². The Hall–Kier alpha value is -1.84. The molecular weight excluding hydrogens is 444 g/mol. The first-order valence-electron chi connectivity index (χ1n) is 11.2. The minimum atomic E-state index is -3.54. The van der Waals surface area contributed by atoms with Crippen molar-refractivity contribution in [2.24, 2.45) is 5.92 Å². The van der Waals surface area contributed by atoms with Gasteiger partial charge in [-0.25, -0.2) is 13.4 Å². The van der Waals surface area contributed by atoms with Gasteiger partial charge in [0.2, 0.25) is 15.9 Å². The summed E-state index contributed by atoms with van der Waals surface area (Å²) in [6, 6.07) is 6.53. The molecule has 1 N–H and O–H groups in total. The van der Waals surface area contributed by atoms with E-state index in [-0.39, 0.29) is 16.1 Å². The van der Waals surface area contributed by atoms with Crippen molar-refractivity contribution in [3.8, 4) is 0 Å². The fourth-order valence-corrected chi connectivity index (χ4v) is 6.31. The average molecular weight is 479 g/mol. The normalized spacial score (nSPS) is 16.3. The maximum absolute atomic E-state index is 13.0. The van der Waals surface area contributed by atoms with E-state index in [1.54, 1.807) is 24.3 Å². The third-order valence-corrected chi connectivity index (χ3v) is 8.66. The summed E-state index contributed by atoms with van der Waals surface area (Å²) < 4.78 is 29.6. The van der Waals surface area contributed by atoms with Crippen LogP contribution in [-0.4, -0.2) is 46.5 Å². The molecule has 0 radical (unpaired) electrons. The Morgan fingerprint density at radius 1 is 1.16 bits per heavy atom. The van der Waals surface area contributed by atoms with Crippen molar-refractivity contribution in [3.05, 3.63) is 35.7 Å². The fraction of sp³-hybridized carbons (Fsp3) is 0.565. The Kier molecular flexibility index (Phi) is 8.06. The molecule has 1 unspecified atom stereocenters. The van der Waals surface area contributed by atoms with Crippen LogP contribution in [0.25, 0.3) is 0 Å². The average Bonchev–Trinajstić information content (AvgIpc) is 3.01. The van der Waals surface area contributed by atoms with Crippen LogP contribution in [0.5, 0.6) is 0 Å². The predicted molar refractivity (Wildman–Crippen MR) is 130 cm³/mol. The summed E-state index contributed by atoms with van der Waals surface area (Å²) in [7, 11) is -3.54. The number of benzene rings is 1. The minimum Gasteiger partial charge on any atom is -0.325 e. The molecule has 0 spiro atoms. The molecule has 1 aliphatic rings. The summed E-state index contributed by atoms with van der Waals surface area (Å²) in [6.07, 6.45) is 2.83. The highest BCUT2D eigenvalue weighted by Gasteiger charge is 2.26. The van der Waals surface area contributed by atoms with Gasteiger partial charge >= 0.3 is 0 Å². The third kappa shape index (κ3) is 5.74. The quantitative estimate of drug-likeness (QED) is 0.567. The number of rotatable bonds is 8. The zero-order chi connectivity index (χ0) is 23.5. The van der Waals surface area contributed by atoms with Crippen molar-refractivity contribution in [2.45, 2.75) is 75.7 Å². The molecule has 1 fully saturated rings. The van der Waals surface area contributed by atoms with Gasteiger partial charge in [0, 0.05) is 31.0 Å². The Bertz CT molecular complexity index is 1060. The van der Waals surface area contributed by atoms with Crippen LogP contribution < -0.4 is 5.32 Å². The van der Waals surface area contributed by atoms with Crippen LogP contribution in [0.3, 0.4) is 0 Å². The standard InChI is InChI=1S/C23H34N4O3S2/c1-16(2)15-27-18(4)17(3)24-23(27)31-19(5)22(28)25-20-10-9-11-21(14-20)32(29,30)26-12-7-6-8-13-26/h9-11,14,16,19H,6-8,12-13,15H2,1-5H3,(H,25,28). The summed E-state index contributed by atoms with van der Waals surface area (Å²) in [6.45, 7) is 12.1. The summed E-state index contributed by atoms with van der Waals surface area (Å²) in [5, 5.41) is 3.33. The van der Waals surface area contributed by atoms with E-state index in [4.69, 9.17) is 0 Å². The highest BCUT2D eigenvalue weighted by Crippen LogP contribution is 2.28. The van der Waals surface area contributed by atoms with Gasteiger partial charge in [-0.1, -0.05) is 38.1 Å². The molecule has 2 aromatic rings. The SMILES string of the molecule is Cc1nc(SC(C)C(=O)Nc2cccc(S(=O)(=O)N3CCCCC3)c2)n(CC(C)C)c1C. The van der Waals surface area contributed by atoms with Crippen molar-refractivity contribution in [2.75, 3.05) is 18.4 Å². The van der Waals surface area contributed by atoms with E-state index in [1.165, 1.54) is 16.1 Å². The van der Waals surface area contributed by atoms with E-state index in [9.17, 15) is 13.2 Å².